The largest absolute Gasteiger partial charge is 0.393 e. The predicted molar refractivity (Wildman–Crippen MR) is 81.6 cm³/mol. The second-order valence-corrected chi connectivity index (χ2v) is 5.49. The highest BCUT2D eigenvalue weighted by molar-refractivity contribution is 7.97. The van der Waals surface area contributed by atoms with Gasteiger partial charge in [-0.2, -0.15) is 11.8 Å². The van der Waals surface area contributed by atoms with Crippen molar-refractivity contribution in [3.8, 4) is 0 Å². The molecule has 0 radical (unpaired) electrons. The van der Waals surface area contributed by atoms with Crippen LogP contribution < -0.4 is 5.32 Å². The third kappa shape index (κ3) is 5.98. The summed E-state index contributed by atoms with van der Waals surface area (Å²) < 4.78 is 0. The molecule has 0 bridgehead atoms. The van der Waals surface area contributed by atoms with Crippen LogP contribution in [0.25, 0.3) is 0 Å². The molecule has 0 aliphatic heterocycles. The van der Waals surface area contributed by atoms with E-state index in [0.717, 1.165) is 11.4 Å². The maximum absolute atomic E-state index is 11.9. The Balaban J connectivity index is 2.47. The smallest absolute Gasteiger partial charge is 0.321 e. The molecule has 0 saturated heterocycles. The van der Waals surface area contributed by atoms with Crippen molar-refractivity contribution < 1.29 is 9.90 Å². The summed E-state index contributed by atoms with van der Waals surface area (Å²) in [5.74, 6) is 0.975. The number of thioether (sulfide) groups is 1. The van der Waals surface area contributed by atoms with Crippen molar-refractivity contribution in [2.45, 2.75) is 25.2 Å². The van der Waals surface area contributed by atoms with Gasteiger partial charge in [0.1, 0.15) is 0 Å². The molecule has 5 heteroatoms. The summed E-state index contributed by atoms with van der Waals surface area (Å²) in [6, 6.07) is 7.69. The molecule has 0 aliphatic carbocycles. The first-order valence-electron chi connectivity index (χ1n) is 6.31. The molecule has 1 aromatic rings. The molecular weight excluding hydrogens is 260 g/mol. The van der Waals surface area contributed by atoms with Gasteiger partial charge in [0, 0.05) is 25.0 Å². The molecule has 0 aliphatic rings. The average Bonchev–Trinajstić information content (AvgIpc) is 2.38. The van der Waals surface area contributed by atoms with Crippen LogP contribution >= 0.6 is 11.8 Å². The molecular formula is C14H22N2O2S. The third-order valence-corrected chi connectivity index (χ3v) is 3.37. The number of rotatable bonds is 6. The first kappa shape index (κ1) is 15.9. The Morgan fingerprint density at radius 2 is 2.05 bits per heavy atom. The standard InChI is InChI=1S/C14H22N2O2S/c1-11(17)8-9-16(2)14(18)15-13-6-4-12(5-7-13)10-19-3/h4-7,11,17H,8-10H2,1-3H3,(H,15,18). The van der Waals surface area contributed by atoms with E-state index >= 15 is 0 Å². The third-order valence-electron chi connectivity index (χ3n) is 2.75. The zero-order valence-corrected chi connectivity index (χ0v) is 12.5. The van der Waals surface area contributed by atoms with Gasteiger partial charge in [-0.25, -0.2) is 4.79 Å². The van der Waals surface area contributed by atoms with Gasteiger partial charge in [-0.3, -0.25) is 0 Å². The minimum absolute atomic E-state index is 0.154. The summed E-state index contributed by atoms with van der Waals surface area (Å²) >= 11 is 1.77. The molecule has 0 fully saturated rings. The molecule has 106 valence electrons. The lowest BCUT2D eigenvalue weighted by molar-refractivity contribution is 0.167. The number of amides is 2. The van der Waals surface area contributed by atoms with Gasteiger partial charge in [-0.15, -0.1) is 0 Å². The van der Waals surface area contributed by atoms with E-state index < -0.39 is 0 Å². The fourth-order valence-electron chi connectivity index (χ4n) is 1.55. The van der Waals surface area contributed by atoms with Crippen molar-refractivity contribution in [2.75, 3.05) is 25.2 Å². The second kappa shape index (κ2) is 8.07. The van der Waals surface area contributed by atoms with Crippen LogP contribution in [0.5, 0.6) is 0 Å². The Morgan fingerprint density at radius 1 is 1.42 bits per heavy atom. The number of benzene rings is 1. The molecule has 1 unspecified atom stereocenters. The molecule has 4 nitrogen and oxygen atoms in total. The number of anilines is 1. The SMILES string of the molecule is CSCc1ccc(NC(=O)N(C)CCC(C)O)cc1. The maximum atomic E-state index is 11.9. The van der Waals surface area contributed by atoms with E-state index in [1.807, 2.05) is 24.3 Å². The lowest BCUT2D eigenvalue weighted by atomic mass is 10.2. The Bertz CT molecular complexity index is 393. The summed E-state index contributed by atoms with van der Waals surface area (Å²) in [6.07, 6.45) is 2.25. The van der Waals surface area contributed by atoms with Crippen molar-refractivity contribution in [3.63, 3.8) is 0 Å². The summed E-state index contributed by atoms with van der Waals surface area (Å²) in [6.45, 7) is 2.25. The molecule has 2 N–H and O–H groups in total. The molecule has 0 spiro atoms. The Labute approximate surface area is 119 Å². The van der Waals surface area contributed by atoms with Gasteiger partial charge in [0.25, 0.3) is 0 Å². The number of nitrogens with one attached hydrogen (secondary N) is 1. The van der Waals surface area contributed by atoms with Gasteiger partial charge in [-0.05, 0) is 37.3 Å². The van der Waals surface area contributed by atoms with Crippen molar-refractivity contribution in [1.82, 2.24) is 4.90 Å². The zero-order chi connectivity index (χ0) is 14.3. The van der Waals surface area contributed by atoms with Crippen LogP contribution in [0.4, 0.5) is 10.5 Å². The number of urea groups is 1. The van der Waals surface area contributed by atoms with Gasteiger partial charge >= 0.3 is 6.03 Å². The van der Waals surface area contributed by atoms with Gasteiger partial charge in [0.05, 0.1) is 6.10 Å². The Kier molecular flexibility index (Phi) is 6.73. The van der Waals surface area contributed by atoms with Crippen LogP contribution in [0.1, 0.15) is 18.9 Å². The Hall–Kier alpha value is -1.20. The predicted octanol–water partition coefficient (Wildman–Crippen LogP) is 2.78. The summed E-state index contributed by atoms with van der Waals surface area (Å²) in [5, 5.41) is 12.0. The van der Waals surface area contributed by atoms with Crippen LogP contribution in [0.15, 0.2) is 24.3 Å². The molecule has 0 aromatic heterocycles. The second-order valence-electron chi connectivity index (χ2n) is 4.62. The highest BCUT2D eigenvalue weighted by Gasteiger charge is 2.09. The molecule has 1 atom stereocenters. The van der Waals surface area contributed by atoms with E-state index in [9.17, 15) is 9.90 Å². The summed E-state index contributed by atoms with van der Waals surface area (Å²) in [7, 11) is 1.72. The first-order valence-corrected chi connectivity index (χ1v) is 7.70. The first-order chi connectivity index (χ1) is 9.02. The van der Waals surface area contributed by atoms with E-state index in [-0.39, 0.29) is 12.1 Å². The topological polar surface area (TPSA) is 52.6 Å². The molecule has 19 heavy (non-hydrogen) atoms. The van der Waals surface area contributed by atoms with E-state index in [1.165, 1.54) is 5.56 Å². The van der Waals surface area contributed by atoms with Gasteiger partial charge in [0.15, 0.2) is 0 Å². The van der Waals surface area contributed by atoms with Crippen LogP contribution in [0, 0.1) is 0 Å². The molecule has 1 rings (SSSR count). The zero-order valence-electron chi connectivity index (χ0n) is 11.7. The monoisotopic (exact) mass is 282 g/mol. The van der Waals surface area contributed by atoms with Crippen molar-refractivity contribution >= 4 is 23.5 Å². The highest BCUT2D eigenvalue weighted by atomic mass is 32.2. The normalized spacial score (nSPS) is 12.0. The quantitative estimate of drug-likeness (QED) is 0.843. The van der Waals surface area contributed by atoms with Crippen molar-refractivity contribution in [2.24, 2.45) is 0 Å². The fraction of sp³-hybridized carbons (Fsp3) is 0.500. The molecule has 0 saturated carbocycles. The van der Waals surface area contributed by atoms with E-state index in [1.54, 1.807) is 30.6 Å². The molecule has 0 heterocycles. The number of aliphatic hydroxyl groups is 1. The molecule has 1 aromatic carbocycles. The van der Waals surface area contributed by atoms with Crippen LogP contribution in [0.2, 0.25) is 0 Å². The lowest BCUT2D eigenvalue weighted by Crippen LogP contribution is -2.33. The van der Waals surface area contributed by atoms with Crippen molar-refractivity contribution in [1.29, 1.82) is 0 Å². The average molecular weight is 282 g/mol. The van der Waals surface area contributed by atoms with E-state index in [2.05, 4.69) is 11.6 Å². The van der Waals surface area contributed by atoms with Crippen LogP contribution in [-0.2, 0) is 5.75 Å². The number of carbonyl (C=O) groups is 1. The lowest BCUT2D eigenvalue weighted by Gasteiger charge is -2.18. The highest BCUT2D eigenvalue weighted by Crippen LogP contribution is 2.14. The number of hydrogen-bond donors (Lipinski definition) is 2. The van der Waals surface area contributed by atoms with Gasteiger partial charge < -0.3 is 15.3 Å². The van der Waals surface area contributed by atoms with E-state index in [0.29, 0.717) is 13.0 Å². The number of hydrogen-bond acceptors (Lipinski definition) is 3. The van der Waals surface area contributed by atoms with Crippen LogP contribution in [-0.4, -0.2) is 42.0 Å². The molecule has 2 amide bonds. The number of nitrogens with zero attached hydrogens (tertiary/aromatic N) is 1. The summed E-state index contributed by atoms with van der Waals surface area (Å²) in [4.78, 5) is 13.4. The van der Waals surface area contributed by atoms with Crippen LogP contribution in [0.3, 0.4) is 0 Å². The van der Waals surface area contributed by atoms with E-state index in [4.69, 9.17) is 0 Å². The maximum Gasteiger partial charge on any atom is 0.321 e. The number of aliphatic hydroxyl groups excluding tert-OH is 1. The van der Waals surface area contributed by atoms with Crippen molar-refractivity contribution in [3.05, 3.63) is 29.8 Å². The minimum atomic E-state index is -0.388. The van der Waals surface area contributed by atoms with Gasteiger partial charge in [0.2, 0.25) is 0 Å². The summed E-state index contributed by atoms with van der Waals surface area (Å²) in [5.41, 5.74) is 2.03. The van der Waals surface area contributed by atoms with Gasteiger partial charge in [-0.1, -0.05) is 12.1 Å². The number of carbonyl (C=O) groups excluding carboxylic acids is 1. The minimum Gasteiger partial charge on any atom is -0.393 e. The fourth-order valence-corrected chi connectivity index (χ4v) is 2.08. The Morgan fingerprint density at radius 3 is 2.58 bits per heavy atom.